The first-order valence-electron chi connectivity index (χ1n) is 10.1. The Labute approximate surface area is 189 Å². The van der Waals surface area contributed by atoms with E-state index in [1.807, 2.05) is 30.3 Å². The van der Waals surface area contributed by atoms with Crippen molar-refractivity contribution in [2.45, 2.75) is 13.1 Å². The highest BCUT2D eigenvalue weighted by Crippen LogP contribution is 2.24. The number of amides is 2. The van der Waals surface area contributed by atoms with Crippen LogP contribution in [0.15, 0.2) is 72.8 Å². The van der Waals surface area contributed by atoms with E-state index in [0.717, 1.165) is 16.5 Å². The minimum atomic E-state index is -0.514. The number of nitrogens with zero attached hydrogens (tertiary/aromatic N) is 1. The lowest BCUT2D eigenvalue weighted by molar-refractivity contribution is 0.0944. The summed E-state index contributed by atoms with van der Waals surface area (Å²) in [5.41, 5.74) is 3.34. The molecule has 0 aliphatic carbocycles. The van der Waals surface area contributed by atoms with E-state index in [2.05, 4.69) is 10.6 Å². The van der Waals surface area contributed by atoms with Crippen molar-refractivity contribution in [2.75, 3.05) is 7.05 Å². The molecule has 1 heterocycles. The molecule has 0 bridgehead atoms. The second kappa shape index (κ2) is 9.24. The van der Waals surface area contributed by atoms with Gasteiger partial charge in [0.25, 0.3) is 11.8 Å². The monoisotopic (exact) mass is 449 g/mol. The van der Waals surface area contributed by atoms with Crippen LogP contribution in [0, 0.1) is 5.82 Å². The van der Waals surface area contributed by atoms with E-state index in [0.29, 0.717) is 23.4 Å². The molecule has 0 fully saturated rings. The van der Waals surface area contributed by atoms with Gasteiger partial charge in [0.1, 0.15) is 11.5 Å². The van der Waals surface area contributed by atoms with E-state index < -0.39 is 5.82 Å². The van der Waals surface area contributed by atoms with Crippen LogP contribution < -0.4 is 10.6 Å². The van der Waals surface area contributed by atoms with E-state index in [4.69, 9.17) is 11.6 Å². The van der Waals surface area contributed by atoms with Crippen LogP contribution in [-0.2, 0) is 13.1 Å². The number of fused-ring (bicyclic) bond motifs is 1. The van der Waals surface area contributed by atoms with Crippen LogP contribution in [0.3, 0.4) is 0 Å². The summed E-state index contributed by atoms with van der Waals surface area (Å²) in [4.78, 5) is 25.1. The molecule has 2 amide bonds. The molecule has 0 atom stereocenters. The van der Waals surface area contributed by atoms with Gasteiger partial charge in [0.15, 0.2) is 0 Å². The fraction of sp³-hybridized carbons (Fsp3) is 0.120. The maximum atomic E-state index is 13.9. The van der Waals surface area contributed by atoms with Crippen molar-refractivity contribution in [3.05, 3.63) is 106 Å². The lowest BCUT2D eigenvalue weighted by Crippen LogP contribution is -2.22. The minimum absolute atomic E-state index is 0.0452. The Balaban J connectivity index is 1.65. The molecule has 5 nitrogen and oxygen atoms in total. The highest BCUT2D eigenvalue weighted by Gasteiger charge is 2.17. The molecular weight excluding hydrogens is 429 g/mol. The van der Waals surface area contributed by atoms with Gasteiger partial charge in [0.2, 0.25) is 0 Å². The van der Waals surface area contributed by atoms with Crippen LogP contribution in [0.1, 0.15) is 32.0 Å². The Morgan fingerprint density at radius 1 is 0.938 bits per heavy atom. The number of carbonyl (C=O) groups is 2. The van der Waals surface area contributed by atoms with Crippen molar-refractivity contribution in [3.63, 3.8) is 0 Å². The topological polar surface area (TPSA) is 63.1 Å². The number of rotatable bonds is 6. The Morgan fingerprint density at radius 2 is 1.72 bits per heavy atom. The zero-order valence-corrected chi connectivity index (χ0v) is 18.1. The van der Waals surface area contributed by atoms with Crippen LogP contribution in [0.25, 0.3) is 10.9 Å². The third-order valence-corrected chi connectivity index (χ3v) is 5.55. The maximum Gasteiger partial charge on any atom is 0.267 e. The minimum Gasteiger partial charge on any atom is -0.354 e. The number of hydrogen-bond donors (Lipinski definition) is 2. The zero-order chi connectivity index (χ0) is 22.7. The van der Waals surface area contributed by atoms with Crippen molar-refractivity contribution >= 4 is 34.3 Å². The van der Waals surface area contributed by atoms with Crippen molar-refractivity contribution in [1.29, 1.82) is 0 Å². The summed E-state index contributed by atoms with van der Waals surface area (Å²) in [6, 6.07) is 21.2. The summed E-state index contributed by atoms with van der Waals surface area (Å²) in [5, 5.41) is 6.32. The Hall–Kier alpha value is -3.64. The van der Waals surface area contributed by atoms with Gasteiger partial charge >= 0.3 is 0 Å². The summed E-state index contributed by atoms with van der Waals surface area (Å²) < 4.78 is 15.7. The zero-order valence-electron chi connectivity index (χ0n) is 17.4. The van der Waals surface area contributed by atoms with Gasteiger partial charge in [-0.2, -0.15) is 0 Å². The standard InChI is InChI=1S/C25H21ClFN3O2/c1-28-25(32)23-13-19-12-18(24(31)29-14-16-5-3-2-4-6-16)8-10-22(19)30(23)15-17-7-9-20(26)21(27)11-17/h2-13H,14-15H2,1H3,(H,28,32)(H,29,31). The van der Waals surface area contributed by atoms with Crippen LogP contribution in [-0.4, -0.2) is 23.4 Å². The van der Waals surface area contributed by atoms with E-state index in [9.17, 15) is 14.0 Å². The molecule has 1 aromatic heterocycles. The van der Waals surface area contributed by atoms with E-state index >= 15 is 0 Å². The number of benzene rings is 3. The molecule has 162 valence electrons. The second-order valence-electron chi connectivity index (χ2n) is 7.39. The Bertz CT molecular complexity index is 1300. The number of hydrogen-bond acceptors (Lipinski definition) is 2. The molecule has 4 aromatic rings. The highest BCUT2D eigenvalue weighted by atomic mass is 35.5. The average molecular weight is 450 g/mol. The van der Waals surface area contributed by atoms with Crippen molar-refractivity contribution in [1.82, 2.24) is 15.2 Å². The summed E-state index contributed by atoms with van der Waals surface area (Å²) in [7, 11) is 1.55. The molecule has 0 radical (unpaired) electrons. The van der Waals surface area contributed by atoms with Crippen LogP contribution in [0.5, 0.6) is 0 Å². The molecule has 4 rings (SSSR count). The number of halogens is 2. The molecule has 2 N–H and O–H groups in total. The molecule has 0 unspecified atom stereocenters. The SMILES string of the molecule is CNC(=O)c1cc2cc(C(=O)NCc3ccccc3)ccc2n1Cc1ccc(Cl)c(F)c1. The average Bonchev–Trinajstić information content (AvgIpc) is 3.17. The smallest absolute Gasteiger partial charge is 0.267 e. The maximum absolute atomic E-state index is 13.9. The van der Waals surface area contributed by atoms with Gasteiger partial charge in [0.05, 0.1) is 5.02 Å². The first-order chi connectivity index (χ1) is 15.5. The summed E-state index contributed by atoms with van der Waals surface area (Å²) in [5.74, 6) is -0.991. The number of aromatic nitrogens is 1. The molecule has 0 aliphatic rings. The number of carbonyl (C=O) groups excluding carboxylic acids is 2. The highest BCUT2D eigenvalue weighted by molar-refractivity contribution is 6.30. The predicted molar refractivity (Wildman–Crippen MR) is 123 cm³/mol. The predicted octanol–water partition coefficient (Wildman–Crippen LogP) is 4.77. The van der Waals surface area contributed by atoms with Crippen LogP contribution >= 0.6 is 11.6 Å². The molecule has 3 aromatic carbocycles. The molecule has 0 saturated heterocycles. The van der Waals surface area contributed by atoms with Gasteiger partial charge in [0, 0.05) is 36.6 Å². The fourth-order valence-corrected chi connectivity index (χ4v) is 3.72. The summed E-state index contributed by atoms with van der Waals surface area (Å²) >= 11 is 5.79. The molecule has 0 spiro atoms. The lowest BCUT2D eigenvalue weighted by Gasteiger charge is -2.11. The molecular formula is C25H21ClFN3O2. The van der Waals surface area contributed by atoms with Crippen LogP contribution in [0.2, 0.25) is 5.02 Å². The molecule has 0 aliphatic heterocycles. The van der Waals surface area contributed by atoms with Gasteiger partial charge in [-0.05, 0) is 47.5 Å². The lowest BCUT2D eigenvalue weighted by atomic mass is 10.1. The number of nitrogens with one attached hydrogen (secondary N) is 2. The van der Waals surface area contributed by atoms with E-state index in [1.165, 1.54) is 12.1 Å². The van der Waals surface area contributed by atoms with Gasteiger partial charge in [-0.25, -0.2) is 4.39 Å². The molecule has 7 heteroatoms. The fourth-order valence-electron chi connectivity index (χ4n) is 3.60. The van der Waals surface area contributed by atoms with Crippen LogP contribution in [0.4, 0.5) is 4.39 Å². The van der Waals surface area contributed by atoms with Gasteiger partial charge < -0.3 is 15.2 Å². The quantitative estimate of drug-likeness (QED) is 0.445. The third kappa shape index (κ3) is 4.50. The van der Waals surface area contributed by atoms with E-state index in [-0.39, 0.29) is 23.4 Å². The van der Waals surface area contributed by atoms with Crippen molar-refractivity contribution < 1.29 is 14.0 Å². The van der Waals surface area contributed by atoms with Crippen molar-refractivity contribution in [2.24, 2.45) is 0 Å². The third-order valence-electron chi connectivity index (χ3n) is 5.24. The Morgan fingerprint density at radius 3 is 2.44 bits per heavy atom. The van der Waals surface area contributed by atoms with Gasteiger partial charge in [-0.1, -0.05) is 48.0 Å². The summed E-state index contributed by atoms with van der Waals surface area (Å²) in [6.45, 7) is 0.699. The first kappa shape index (κ1) is 21.6. The van der Waals surface area contributed by atoms with E-state index in [1.54, 1.807) is 41.9 Å². The summed E-state index contributed by atoms with van der Waals surface area (Å²) in [6.07, 6.45) is 0. The van der Waals surface area contributed by atoms with Crippen molar-refractivity contribution in [3.8, 4) is 0 Å². The first-order valence-corrected chi connectivity index (χ1v) is 10.5. The normalized spacial score (nSPS) is 10.8. The second-order valence-corrected chi connectivity index (χ2v) is 7.79. The Kier molecular flexibility index (Phi) is 6.23. The molecule has 0 saturated carbocycles. The van der Waals surface area contributed by atoms with Gasteiger partial charge in [-0.15, -0.1) is 0 Å². The largest absolute Gasteiger partial charge is 0.354 e. The molecule has 32 heavy (non-hydrogen) atoms. The van der Waals surface area contributed by atoms with Gasteiger partial charge in [-0.3, -0.25) is 9.59 Å².